The number of hydrogen-bond acceptors (Lipinski definition) is 3. The molecule has 0 aromatic heterocycles. The van der Waals surface area contributed by atoms with E-state index in [0.29, 0.717) is 13.2 Å². The smallest absolute Gasteiger partial charge is 0.162 e. The van der Waals surface area contributed by atoms with Crippen LogP contribution in [0.15, 0.2) is 47.5 Å². The monoisotopic (exact) mass is 281 g/mol. The number of fused-ring (bicyclic) bond motifs is 1. The molecule has 2 aromatic rings. The molecule has 0 aliphatic carbocycles. The maximum atomic E-state index is 5.96. The van der Waals surface area contributed by atoms with Gasteiger partial charge >= 0.3 is 0 Å². The van der Waals surface area contributed by atoms with Gasteiger partial charge in [-0.15, -0.1) is 0 Å². The maximum absolute atomic E-state index is 5.96. The summed E-state index contributed by atoms with van der Waals surface area (Å²) in [4.78, 5) is 4.33. The summed E-state index contributed by atoms with van der Waals surface area (Å²) in [7, 11) is 0. The minimum absolute atomic E-state index is 0.539. The van der Waals surface area contributed by atoms with Crippen molar-refractivity contribution >= 4 is 6.21 Å². The van der Waals surface area contributed by atoms with Crippen molar-refractivity contribution < 1.29 is 9.47 Å². The molecule has 0 N–H and O–H groups in total. The van der Waals surface area contributed by atoms with Crippen molar-refractivity contribution in [3.8, 4) is 11.5 Å². The highest BCUT2D eigenvalue weighted by Crippen LogP contribution is 2.32. The van der Waals surface area contributed by atoms with E-state index in [9.17, 15) is 0 Å². The third-order valence-corrected chi connectivity index (χ3v) is 3.48. The summed E-state index contributed by atoms with van der Waals surface area (Å²) in [5.74, 6) is 1.61. The third-order valence-electron chi connectivity index (χ3n) is 3.48. The Bertz CT molecular complexity index is 635. The van der Waals surface area contributed by atoms with Crippen LogP contribution in [0.5, 0.6) is 11.5 Å². The minimum Gasteiger partial charge on any atom is -0.490 e. The van der Waals surface area contributed by atoms with Gasteiger partial charge < -0.3 is 9.47 Å². The van der Waals surface area contributed by atoms with Crippen LogP contribution < -0.4 is 9.47 Å². The fraction of sp³-hybridized carbons (Fsp3) is 0.278. The molecule has 0 saturated heterocycles. The molecule has 0 atom stereocenters. The highest BCUT2D eigenvalue weighted by atomic mass is 16.5. The Morgan fingerprint density at radius 3 is 2.67 bits per heavy atom. The summed E-state index contributed by atoms with van der Waals surface area (Å²) >= 11 is 0. The van der Waals surface area contributed by atoms with Gasteiger partial charge in [0.1, 0.15) is 6.61 Å². The normalized spacial score (nSPS) is 12.8. The van der Waals surface area contributed by atoms with Crippen LogP contribution in [0.3, 0.4) is 0 Å². The minimum atomic E-state index is 0.539. The van der Waals surface area contributed by atoms with E-state index in [0.717, 1.165) is 35.6 Å². The summed E-state index contributed by atoms with van der Waals surface area (Å²) < 4.78 is 11.7. The van der Waals surface area contributed by atoms with Gasteiger partial charge in [-0.05, 0) is 42.2 Å². The van der Waals surface area contributed by atoms with Crippen molar-refractivity contribution in [1.29, 1.82) is 0 Å². The molecule has 3 nitrogen and oxygen atoms in total. The fourth-order valence-electron chi connectivity index (χ4n) is 2.42. The quantitative estimate of drug-likeness (QED) is 0.837. The van der Waals surface area contributed by atoms with E-state index >= 15 is 0 Å². The van der Waals surface area contributed by atoms with E-state index in [1.165, 1.54) is 5.56 Å². The summed E-state index contributed by atoms with van der Waals surface area (Å²) in [5.41, 5.74) is 3.56. The van der Waals surface area contributed by atoms with Gasteiger partial charge in [0.05, 0.1) is 6.61 Å². The van der Waals surface area contributed by atoms with Crippen LogP contribution >= 0.6 is 0 Å². The van der Waals surface area contributed by atoms with Crippen LogP contribution in [0.2, 0.25) is 0 Å². The molecule has 1 heterocycles. The van der Waals surface area contributed by atoms with Gasteiger partial charge in [0.25, 0.3) is 0 Å². The first kappa shape index (κ1) is 13.7. The Labute approximate surface area is 125 Å². The molecule has 0 bridgehead atoms. The third kappa shape index (κ3) is 3.24. The van der Waals surface area contributed by atoms with Crippen molar-refractivity contribution in [2.24, 2.45) is 4.99 Å². The molecule has 0 spiro atoms. The Balaban J connectivity index is 1.84. The average molecular weight is 281 g/mol. The van der Waals surface area contributed by atoms with Gasteiger partial charge in [-0.25, -0.2) is 0 Å². The zero-order valence-corrected chi connectivity index (χ0v) is 12.2. The molecule has 108 valence electrons. The second-order valence-corrected chi connectivity index (χ2v) is 4.99. The Morgan fingerprint density at radius 1 is 1.05 bits per heavy atom. The molecule has 2 aromatic carbocycles. The van der Waals surface area contributed by atoms with Crippen molar-refractivity contribution in [3.05, 3.63) is 59.2 Å². The molecule has 1 aliphatic rings. The van der Waals surface area contributed by atoms with Crippen molar-refractivity contribution in [2.45, 2.75) is 20.0 Å². The summed E-state index contributed by atoms with van der Waals surface area (Å²) in [6.07, 6.45) is 2.88. The number of hydrogen-bond donors (Lipinski definition) is 0. The first-order valence-corrected chi connectivity index (χ1v) is 7.33. The Kier molecular flexibility index (Phi) is 4.20. The molecule has 0 radical (unpaired) electrons. The van der Waals surface area contributed by atoms with Crippen LogP contribution in [-0.2, 0) is 13.0 Å². The lowest BCUT2D eigenvalue weighted by Gasteiger charge is -2.17. The van der Waals surface area contributed by atoms with E-state index in [1.807, 2.05) is 37.4 Å². The standard InChI is InChI=1S/C18H19NO2/c1-2-20-17-10-15-8-9-19-12-16(15)11-18(17)21-13-14-6-4-3-5-7-14/h3-7,10-12H,2,8-9,13H2,1H3. The van der Waals surface area contributed by atoms with Crippen LogP contribution in [0.4, 0.5) is 0 Å². The number of rotatable bonds is 5. The molecule has 0 amide bonds. The second-order valence-electron chi connectivity index (χ2n) is 4.99. The molecular formula is C18H19NO2. The highest BCUT2D eigenvalue weighted by Gasteiger charge is 2.13. The van der Waals surface area contributed by atoms with Crippen molar-refractivity contribution in [1.82, 2.24) is 0 Å². The molecule has 0 fully saturated rings. The van der Waals surface area contributed by atoms with Crippen LogP contribution in [0.1, 0.15) is 23.6 Å². The molecule has 0 unspecified atom stereocenters. The van der Waals surface area contributed by atoms with E-state index in [-0.39, 0.29) is 0 Å². The van der Waals surface area contributed by atoms with Crippen LogP contribution in [-0.4, -0.2) is 19.4 Å². The lowest BCUT2D eigenvalue weighted by Crippen LogP contribution is -2.06. The van der Waals surface area contributed by atoms with Gasteiger partial charge in [-0.2, -0.15) is 0 Å². The lowest BCUT2D eigenvalue weighted by molar-refractivity contribution is 0.269. The predicted octanol–water partition coefficient (Wildman–Crippen LogP) is 3.64. The first-order valence-electron chi connectivity index (χ1n) is 7.33. The van der Waals surface area contributed by atoms with Gasteiger partial charge in [0.2, 0.25) is 0 Å². The predicted molar refractivity (Wildman–Crippen MR) is 84.6 cm³/mol. The molecule has 3 rings (SSSR count). The zero-order chi connectivity index (χ0) is 14.5. The van der Waals surface area contributed by atoms with Gasteiger partial charge in [-0.1, -0.05) is 30.3 Å². The second kappa shape index (κ2) is 6.44. The van der Waals surface area contributed by atoms with E-state index in [1.54, 1.807) is 0 Å². The molecule has 3 heteroatoms. The summed E-state index contributed by atoms with van der Waals surface area (Å²) in [6, 6.07) is 14.3. The van der Waals surface area contributed by atoms with E-state index in [4.69, 9.17) is 9.47 Å². The molecule has 1 aliphatic heterocycles. The van der Waals surface area contributed by atoms with Gasteiger partial charge in [0.15, 0.2) is 11.5 Å². The molecule has 0 saturated carbocycles. The van der Waals surface area contributed by atoms with Crippen LogP contribution in [0, 0.1) is 0 Å². The fourth-order valence-corrected chi connectivity index (χ4v) is 2.42. The molecular weight excluding hydrogens is 262 g/mol. The summed E-state index contributed by atoms with van der Waals surface area (Å²) in [6.45, 7) is 4.01. The Hall–Kier alpha value is -2.29. The number of benzene rings is 2. The maximum Gasteiger partial charge on any atom is 0.162 e. The SMILES string of the molecule is CCOc1cc2c(cc1OCc1ccccc1)C=NCC2. The molecule has 21 heavy (non-hydrogen) atoms. The lowest BCUT2D eigenvalue weighted by atomic mass is 10.0. The zero-order valence-electron chi connectivity index (χ0n) is 12.2. The van der Waals surface area contributed by atoms with E-state index < -0.39 is 0 Å². The van der Waals surface area contributed by atoms with E-state index in [2.05, 4.69) is 23.2 Å². The summed E-state index contributed by atoms with van der Waals surface area (Å²) in [5, 5.41) is 0. The van der Waals surface area contributed by atoms with Crippen molar-refractivity contribution in [2.75, 3.05) is 13.2 Å². The Morgan fingerprint density at radius 2 is 1.86 bits per heavy atom. The first-order chi connectivity index (χ1) is 10.4. The largest absolute Gasteiger partial charge is 0.490 e. The highest BCUT2D eigenvalue weighted by molar-refractivity contribution is 5.84. The topological polar surface area (TPSA) is 30.8 Å². The number of nitrogens with zero attached hydrogens (tertiary/aromatic N) is 1. The van der Waals surface area contributed by atoms with Gasteiger partial charge in [0, 0.05) is 12.8 Å². The number of ether oxygens (including phenoxy) is 2. The number of aliphatic imine (C=N–C) groups is 1. The average Bonchev–Trinajstić information content (AvgIpc) is 2.54. The van der Waals surface area contributed by atoms with Crippen molar-refractivity contribution in [3.63, 3.8) is 0 Å². The van der Waals surface area contributed by atoms with Gasteiger partial charge in [-0.3, -0.25) is 4.99 Å². The van der Waals surface area contributed by atoms with Crippen LogP contribution in [0.25, 0.3) is 0 Å².